The maximum absolute atomic E-state index is 13.2. The van der Waals surface area contributed by atoms with Crippen LogP contribution in [0, 0.1) is 5.82 Å². The molecule has 1 saturated heterocycles. The van der Waals surface area contributed by atoms with Gasteiger partial charge in [-0.25, -0.2) is 4.39 Å². The third kappa shape index (κ3) is 5.38. The van der Waals surface area contributed by atoms with Gasteiger partial charge in [0, 0.05) is 62.3 Å². The van der Waals surface area contributed by atoms with Gasteiger partial charge in [0.15, 0.2) is 5.69 Å². The number of hydrogen-bond donors (Lipinski definition) is 0. The molecular weight excluding hydrogens is 436 g/mol. The average Bonchev–Trinajstić information content (AvgIpc) is 3.46. The van der Waals surface area contributed by atoms with Gasteiger partial charge in [-0.3, -0.25) is 14.4 Å². The molecule has 0 radical (unpaired) electrons. The van der Waals surface area contributed by atoms with Crippen LogP contribution >= 0.6 is 11.6 Å². The van der Waals surface area contributed by atoms with Gasteiger partial charge in [0.2, 0.25) is 5.91 Å². The second kappa shape index (κ2) is 8.78. The van der Waals surface area contributed by atoms with Gasteiger partial charge in [-0.1, -0.05) is 17.7 Å². The van der Waals surface area contributed by atoms with E-state index in [-0.39, 0.29) is 30.6 Å². The molecule has 0 atom stereocenters. The molecule has 1 aromatic carbocycles. The van der Waals surface area contributed by atoms with E-state index in [4.69, 9.17) is 11.6 Å². The number of nitrogens with zero attached hydrogens (tertiary/aromatic N) is 4. The fraction of sp³-hybridized carbons (Fsp3) is 0.524. The fourth-order valence-corrected chi connectivity index (χ4v) is 4.09. The highest BCUT2D eigenvalue weighted by atomic mass is 35.5. The zero-order valence-electron chi connectivity index (χ0n) is 16.8. The monoisotopic (exact) mass is 458 g/mol. The maximum atomic E-state index is 13.2. The number of alkyl halides is 3. The first-order chi connectivity index (χ1) is 14.7. The fourth-order valence-electron chi connectivity index (χ4n) is 3.86. The number of carbonyl (C=O) groups is 1. The van der Waals surface area contributed by atoms with Gasteiger partial charge in [0.1, 0.15) is 5.82 Å². The first kappa shape index (κ1) is 22.1. The third-order valence-corrected chi connectivity index (χ3v) is 6.12. The molecule has 5 nitrogen and oxygen atoms in total. The zero-order chi connectivity index (χ0) is 22.2. The van der Waals surface area contributed by atoms with Gasteiger partial charge >= 0.3 is 6.18 Å². The van der Waals surface area contributed by atoms with Crippen molar-refractivity contribution in [1.82, 2.24) is 19.6 Å². The molecule has 1 aliphatic carbocycles. The first-order valence-corrected chi connectivity index (χ1v) is 10.7. The van der Waals surface area contributed by atoms with E-state index in [2.05, 4.69) is 10.00 Å². The highest BCUT2D eigenvalue weighted by Gasteiger charge is 2.37. The second-order valence-electron chi connectivity index (χ2n) is 8.09. The molecule has 0 bridgehead atoms. The highest BCUT2D eigenvalue weighted by Crippen LogP contribution is 2.42. The summed E-state index contributed by atoms with van der Waals surface area (Å²) in [6.45, 7) is 3.06. The van der Waals surface area contributed by atoms with Crippen LogP contribution < -0.4 is 0 Å². The van der Waals surface area contributed by atoms with E-state index >= 15 is 0 Å². The van der Waals surface area contributed by atoms with Crippen molar-refractivity contribution in [1.29, 1.82) is 0 Å². The van der Waals surface area contributed by atoms with Gasteiger partial charge in [-0.05, 0) is 36.6 Å². The lowest BCUT2D eigenvalue weighted by molar-refractivity contribution is -0.141. The van der Waals surface area contributed by atoms with E-state index in [1.54, 1.807) is 11.0 Å². The van der Waals surface area contributed by atoms with E-state index in [0.717, 1.165) is 24.5 Å². The Labute approximate surface area is 182 Å². The van der Waals surface area contributed by atoms with Crippen molar-refractivity contribution in [2.24, 2.45) is 0 Å². The molecule has 1 aromatic heterocycles. The van der Waals surface area contributed by atoms with Crippen molar-refractivity contribution in [3.8, 4) is 0 Å². The molecule has 1 saturated carbocycles. The molecule has 31 heavy (non-hydrogen) atoms. The predicted octanol–water partition coefficient (Wildman–Crippen LogP) is 4.31. The Balaban J connectivity index is 1.29. The summed E-state index contributed by atoms with van der Waals surface area (Å²) in [5.41, 5.74) is 0.505. The van der Waals surface area contributed by atoms with E-state index in [1.165, 1.54) is 16.8 Å². The summed E-state index contributed by atoms with van der Waals surface area (Å²) >= 11 is 6.09. The van der Waals surface area contributed by atoms with Crippen molar-refractivity contribution in [2.75, 3.05) is 26.2 Å². The predicted molar refractivity (Wildman–Crippen MR) is 107 cm³/mol. The number of aromatic nitrogens is 2. The summed E-state index contributed by atoms with van der Waals surface area (Å²) in [7, 11) is 0. The molecule has 2 fully saturated rings. The van der Waals surface area contributed by atoms with Crippen LogP contribution in [0.1, 0.15) is 42.1 Å². The molecule has 1 aliphatic heterocycles. The minimum atomic E-state index is -4.48. The van der Waals surface area contributed by atoms with E-state index in [1.807, 2.05) is 0 Å². The molecule has 168 valence electrons. The van der Waals surface area contributed by atoms with Gasteiger partial charge in [0.05, 0.1) is 0 Å². The van der Waals surface area contributed by atoms with Crippen molar-refractivity contribution in [2.45, 2.75) is 44.4 Å². The lowest BCUT2D eigenvalue weighted by Gasteiger charge is -2.35. The number of aryl methyl sites for hydroxylation is 1. The molecule has 4 rings (SSSR count). The second-order valence-corrected chi connectivity index (χ2v) is 8.50. The minimum Gasteiger partial charge on any atom is -0.340 e. The van der Waals surface area contributed by atoms with E-state index in [0.29, 0.717) is 43.4 Å². The van der Waals surface area contributed by atoms with Gasteiger partial charge in [-0.15, -0.1) is 0 Å². The topological polar surface area (TPSA) is 41.4 Å². The van der Waals surface area contributed by atoms with Gasteiger partial charge < -0.3 is 4.90 Å². The largest absolute Gasteiger partial charge is 0.435 e. The normalized spacial score (nSPS) is 17.9. The molecular formula is C21H23ClF4N4O. The van der Waals surface area contributed by atoms with E-state index in [9.17, 15) is 22.4 Å². The number of rotatable bonds is 6. The zero-order valence-corrected chi connectivity index (χ0v) is 17.6. The summed E-state index contributed by atoms with van der Waals surface area (Å²) in [6, 6.07) is 5.43. The molecule has 2 heterocycles. The van der Waals surface area contributed by atoms with Crippen molar-refractivity contribution in [3.63, 3.8) is 0 Å². The van der Waals surface area contributed by atoms with Crippen LogP contribution in [0.2, 0.25) is 5.02 Å². The summed E-state index contributed by atoms with van der Waals surface area (Å²) in [5.74, 6) is -0.362. The quantitative estimate of drug-likeness (QED) is 0.606. The standard InChI is InChI=1S/C21H23ClF4N4O/c22-17-11-16(23)4-3-15(17)13-28-7-9-29(10-8-28)20(31)5-6-30-18(14-1-2-14)12-19(27-30)21(24,25)26/h3-4,11-12,14H,1-2,5-10,13H2. The molecule has 0 N–H and O–H groups in total. The van der Waals surface area contributed by atoms with E-state index < -0.39 is 11.9 Å². The molecule has 0 unspecified atom stereocenters. The molecule has 1 amide bonds. The lowest BCUT2D eigenvalue weighted by Crippen LogP contribution is -2.48. The van der Waals surface area contributed by atoms with Crippen LogP contribution in [0.5, 0.6) is 0 Å². The molecule has 0 spiro atoms. The van der Waals surface area contributed by atoms with Crippen LogP contribution in [0.3, 0.4) is 0 Å². The Morgan fingerprint density at radius 2 is 1.84 bits per heavy atom. The molecule has 2 aliphatic rings. The van der Waals surface area contributed by atoms with Crippen LogP contribution in [-0.2, 0) is 24.1 Å². The summed E-state index contributed by atoms with van der Waals surface area (Å²) in [6.07, 6.45) is -2.65. The minimum absolute atomic E-state index is 0.0923. The maximum Gasteiger partial charge on any atom is 0.435 e. The first-order valence-electron chi connectivity index (χ1n) is 10.3. The highest BCUT2D eigenvalue weighted by molar-refractivity contribution is 6.31. The Morgan fingerprint density at radius 3 is 2.45 bits per heavy atom. The number of halogens is 5. The van der Waals surface area contributed by atoms with Crippen LogP contribution in [0.15, 0.2) is 24.3 Å². The smallest absolute Gasteiger partial charge is 0.340 e. The third-order valence-electron chi connectivity index (χ3n) is 5.77. The molecule has 10 heteroatoms. The van der Waals surface area contributed by atoms with Crippen LogP contribution in [-0.4, -0.2) is 51.7 Å². The van der Waals surface area contributed by atoms with Crippen molar-refractivity contribution < 1.29 is 22.4 Å². The van der Waals surface area contributed by atoms with Crippen LogP contribution in [0.4, 0.5) is 17.6 Å². The summed E-state index contributed by atoms with van der Waals surface area (Å²) < 4.78 is 53.6. The lowest BCUT2D eigenvalue weighted by atomic mass is 10.2. The Hall–Kier alpha value is -2.13. The average molecular weight is 459 g/mol. The number of carbonyl (C=O) groups excluding carboxylic acids is 1. The summed E-state index contributed by atoms with van der Waals surface area (Å²) in [5, 5.41) is 4.08. The van der Waals surface area contributed by atoms with Gasteiger partial charge in [-0.2, -0.15) is 18.3 Å². The SMILES string of the molecule is O=C(CCn1nc(C(F)(F)F)cc1C1CC1)N1CCN(Cc2ccc(F)cc2Cl)CC1. The Kier molecular flexibility index (Phi) is 6.25. The number of benzene rings is 1. The van der Waals surface area contributed by atoms with Crippen molar-refractivity contribution >= 4 is 17.5 Å². The number of amides is 1. The Morgan fingerprint density at radius 1 is 1.13 bits per heavy atom. The summed E-state index contributed by atoms with van der Waals surface area (Å²) in [4.78, 5) is 16.5. The van der Waals surface area contributed by atoms with Gasteiger partial charge in [0.25, 0.3) is 0 Å². The Bertz CT molecular complexity index is 949. The van der Waals surface area contributed by atoms with Crippen molar-refractivity contribution in [3.05, 3.63) is 52.1 Å². The number of piperazine rings is 1. The van der Waals surface area contributed by atoms with Crippen LogP contribution in [0.25, 0.3) is 0 Å². The number of hydrogen-bond acceptors (Lipinski definition) is 3. The molecule has 2 aromatic rings.